The number of nitrogens with zero attached hydrogens (tertiary/aromatic N) is 1. The van der Waals surface area contributed by atoms with Crippen molar-refractivity contribution >= 4 is 7.82 Å². The molecule has 0 heterocycles. The molecule has 0 fully saturated rings. The summed E-state index contributed by atoms with van der Waals surface area (Å²) in [4.78, 5) is 9.94. The number of hydrogen-bond donors (Lipinski definition) is 3. The Balaban J connectivity index is 3.98. The molecule has 0 aromatic heterocycles. The minimum Gasteiger partial charge on any atom is -0.394 e. The highest BCUT2D eigenvalue weighted by atomic mass is 31.2. The van der Waals surface area contributed by atoms with Crippen LogP contribution < -0.4 is 0 Å². The van der Waals surface area contributed by atoms with E-state index in [1.165, 1.54) is 83.5 Å². The SMILES string of the molecule is CCCCCCCCCCCCCCCCC=CC(C[N+](C)(C)C)OP(=O)(O)OC[C@H](O)CO. The molecule has 2 unspecified atom stereocenters. The molecule has 7 nitrogen and oxygen atoms in total. The topological polar surface area (TPSA) is 96.2 Å². The van der Waals surface area contributed by atoms with E-state index in [0.717, 1.165) is 12.8 Å². The van der Waals surface area contributed by atoms with Gasteiger partial charge in [0.1, 0.15) is 18.8 Å². The molecular weight excluding hydrogens is 453 g/mol. The van der Waals surface area contributed by atoms with Crippen molar-refractivity contribution in [3.8, 4) is 0 Å². The molecule has 0 aliphatic heterocycles. The van der Waals surface area contributed by atoms with E-state index in [4.69, 9.17) is 14.2 Å². The summed E-state index contributed by atoms with van der Waals surface area (Å²) < 4.78 is 22.9. The zero-order valence-electron chi connectivity index (χ0n) is 22.5. The molecule has 0 saturated heterocycles. The summed E-state index contributed by atoms with van der Waals surface area (Å²) >= 11 is 0. The fourth-order valence-electron chi connectivity index (χ4n) is 3.81. The number of unbranched alkanes of at least 4 members (excludes halogenated alkanes) is 14. The van der Waals surface area contributed by atoms with Crippen molar-refractivity contribution in [1.29, 1.82) is 0 Å². The average molecular weight is 509 g/mol. The highest BCUT2D eigenvalue weighted by molar-refractivity contribution is 7.47. The van der Waals surface area contributed by atoms with E-state index in [0.29, 0.717) is 11.0 Å². The molecule has 3 atom stereocenters. The standard InChI is InChI=1S/C26H54NO6P/c1-5-6-7-8-9-10-11-12-13-14-15-16-17-18-19-20-21-26(22-27(2,3)4)33-34(30,31)32-24-25(29)23-28/h20-21,25-26,28-29H,5-19,22-24H2,1-4H3/p+1/t25-,26?/m1/s1. The number of hydrogen-bond acceptors (Lipinski definition) is 5. The maximum atomic E-state index is 12.2. The van der Waals surface area contributed by atoms with Crippen LogP contribution in [0.4, 0.5) is 0 Å². The van der Waals surface area contributed by atoms with Gasteiger partial charge in [-0.25, -0.2) is 4.57 Å². The Morgan fingerprint density at radius 1 is 0.853 bits per heavy atom. The van der Waals surface area contributed by atoms with Crippen molar-refractivity contribution in [2.45, 2.75) is 115 Å². The number of rotatable bonds is 24. The maximum Gasteiger partial charge on any atom is 0.473 e. The average Bonchev–Trinajstić information content (AvgIpc) is 2.75. The van der Waals surface area contributed by atoms with Gasteiger partial charge in [-0.15, -0.1) is 0 Å². The number of likely N-dealkylation sites (N-methyl/N-ethyl adjacent to an activating group) is 1. The van der Waals surface area contributed by atoms with Crippen LogP contribution in [-0.2, 0) is 13.6 Å². The second-order valence-electron chi connectivity index (χ2n) is 10.5. The summed E-state index contributed by atoms with van der Waals surface area (Å²) in [6.07, 6.45) is 21.6. The Kier molecular flexibility index (Phi) is 20.7. The summed E-state index contributed by atoms with van der Waals surface area (Å²) in [6.45, 7) is 1.78. The second-order valence-corrected chi connectivity index (χ2v) is 11.9. The summed E-state index contributed by atoms with van der Waals surface area (Å²) in [6, 6.07) is 0. The molecule has 204 valence electrons. The second kappa shape index (κ2) is 20.9. The van der Waals surface area contributed by atoms with E-state index in [2.05, 4.69) is 6.92 Å². The minimum absolute atomic E-state index is 0.454. The van der Waals surface area contributed by atoms with E-state index in [1.54, 1.807) is 0 Å². The van der Waals surface area contributed by atoms with Crippen LogP contribution in [0.2, 0.25) is 0 Å². The zero-order valence-corrected chi connectivity index (χ0v) is 23.4. The van der Waals surface area contributed by atoms with Crippen molar-refractivity contribution < 1.29 is 33.2 Å². The minimum atomic E-state index is -4.33. The highest BCUT2D eigenvalue weighted by Gasteiger charge is 2.29. The third-order valence-electron chi connectivity index (χ3n) is 5.71. The summed E-state index contributed by atoms with van der Waals surface area (Å²) in [7, 11) is 1.62. The smallest absolute Gasteiger partial charge is 0.394 e. The van der Waals surface area contributed by atoms with Gasteiger partial charge in [0, 0.05) is 0 Å². The molecule has 34 heavy (non-hydrogen) atoms. The van der Waals surface area contributed by atoms with Gasteiger partial charge >= 0.3 is 7.82 Å². The molecule has 0 aliphatic carbocycles. The van der Waals surface area contributed by atoms with Crippen LogP contribution in [0.5, 0.6) is 0 Å². The molecule has 0 aromatic rings. The number of aliphatic hydroxyl groups excluding tert-OH is 2. The lowest BCUT2D eigenvalue weighted by atomic mass is 10.0. The normalized spacial score (nSPS) is 16.1. The number of allylic oxidation sites excluding steroid dienone is 1. The Bertz CT molecular complexity index is 538. The van der Waals surface area contributed by atoms with Gasteiger partial charge in [-0.2, -0.15) is 0 Å². The van der Waals surface area contributed by atoms with Gasteiger partial charge in [-0.1, -0.05) is 103 Å². The van der Waals surface area contributed by atoms with Crippen molar-refractivity contribution in [2.24, 2.45) is 0 Å². The van der Waals surface area contributed by atoms with E-state index in [9.17, 15) is 14.6 Å². The molecule has 3 N–H and O–H groups in total. The Labute approximate surface area is 209 Å². The van der Waals surface area contributed by atoms with Crippen molar-refractivity contribution in [2.75, 3.05) is 40.9 Å². The number of aliphatic hydroxyl groups is 2. The van der Waals surface area contributed by atoms with Crippen LogP contribution in [0.25, 0.3) is 0 Å². The Morgan fingerprint density at radius 3 is 1.76 bits per heavy atom. The van der Waals surface area contributed by atoms with Crippen molar-refractivity contribution in [3.05, 3.63) is 12.2 Å². The van der Waals surface area contributed by atoms with Crippen LogP contribution in [0.1, 0.15) is 103 Å². The van der Waals surface area contributed by atoms with Crippen LogP contribution >= 0.6 is 7.82 Å². The van der Waals surface area contributed by atoms with Crippen LogP contribution in [0.3, 0.4) is 0 Å². The predicted octanol–water partition coefficient (Wildman–Crippen LogP) is 5.98. The van der Waals surface area contributed by atoms with Gasteiger partial charge in [-0.05, 0) is 12.8 Å². The number of phosphoric acid groups is 1. The van der Waals surface area contributed by atoms with Gasteiger partial charge in [0.25, 0.3) is 0 Å². The van der Waals surface area contributed by atoms with Gasteiger partial charge in [0.15, 0.2) is 0 Å². The lowest BCUT2D eigenvalue weighted by molar-refractivity contribution is -0.872. The molecule has 0 rings (SSSR count). The van der Waals surface area contributed by atoms with Crippen LogP contribution in [-0.4, -0.2) is 72.7 Å². The van der Waals surface area contributed by atoms with Crippen molar-refractivity contribution in [3.63, 3.8) is 0 Å². The molecule has 0 bridgehead atoms. The monoisotopic (exact) mass is 508 g/mol. The van der Waals surface area contributed by atoms with E-state index >= 15 is 0 Å². The van der Waals surface area contributed by atoms with E-state index in [1.807, 2.05) is 33.3 Å². The van der Waals surface area contributed by atoms with Gasteiger partial charge in [0.05, 0.1) is 34.4 Å². The molecule has 0 aromatic carbocycles. The maximum absolute atomic E-state index is 12.2. The quantitative estimate of drug-likeness (QED) is 0.0643. The van der Waals surface area contributed by atoms with Crippen LogP contribution in [0.15, 0.2) is 12.2 Å². The molecule has 0 radical (unpaired) electrons. The molecular formula is C26H55NO6P+. The fourth-order valence-corrected chi connectivity index (χ4v) is 4.71. The summed E-state index contributed by atoms with van der Waals surface area (Å²) in [5.74, 6) is 0. The molecule has 8 heteroatoms. The highest BCUT2D eigenvalue weighted by Crippen LogP contribution is 2.45. The fraction of sp³-hybridized carbons (Fsp3) is 0.923. The first-order valence-electron chi connectivity index (χ1n) is 13.5. The third kappa shape index (κ3) is 23.5. The Morgan fingerprint density at radius 2 is 1.32 bits per heavy atom. The largest absolute Gasteiger partial charge is 0.473 e. The lowest BCUT2D eigenvalue weighted by Crippen LogP contribution is -2.41. The zero-order chi connectivity index (χ0) is 25.7. The van der Waals surface area contributed by atoms with Crippen molar-refractivity contribution in [1.82, 2.24) is 0 Å². The predicted molar refractivity (Wildman–Crippen MR) is 141 cm³/mol. The third-order valence-corrected chi connectivity index (χ3v) is 6.72. The van der Waals surface area contributed by atoms with Gasteiger partial charge in [-0.3, -0.25) is 9.05 Å². The molecule has 0 saturated carbocycles. The first-order chi connectivity index (χ1) is 16.1. The Hall–Kier alpha value is -0.270. The molecule has 0 spiro atoms. The first-order valence-corrected chi connectivity index (χ1v) is 15.0. The summed E-state index contributed by atoms with van der Waals surface area (Å²) in [5, 5.41) is 18.1. The van der Waals surface area contributed by atoms with E-state index < -0.39 is 33.2 Å². The van der Waals surface area contributed by atoms with Gasteiger partial charge in [0.2, 0.25) is 0 Å². The number of quaternary nitrogens is 1. The first kappa shape index (κ1) is 33.7. The lowest BCUT2D eigenvalue weighted by Gasteiger charge is -2.28. The molecule has 0 aliphatic rings. The van der Waals surface area contributed by atoms with Crippen LogP contribution in [0, 0.1) is 0 Å². The van der Waals surface area contributed by atoms with E-state index in [-0.39, 0.29) is 0 Å². The molecule has 0 amide bonds. The van der Waals surface area contributed by atoms with Gasteiger partial charge < -0.3 is 19.6 Å². The summed E-state index contributed by atoms with van der Waals surface area (Å²) in [5.41, 5.74) is 0. The number of phosphoric ester groups is 1.